The van der Waals surface area contributed by atoms with E-state index in [-0.39, 0.29) is 29.6 Å². The maximum Gasteiger partial charge on any atom is 0.303 e. The van der Waals surface area contributed by atoms with Gasteiger partial charge in [0.2, 0.25) is 0 Å². The third-order valence-corrected chi connectivity index (χ3v) is 3.74. The van der Waals surface area contributed by atoms with Crippen LogP contribution in [0.4, 0.5) is 8.78 Å². The number of benzene rings is 1. The van der Waals surface area contributed by atoms with Gasteiger partial charge in [-0.2, -0.15) is 0 Å². The number of hydrogen-bond donors (Lipinski definition) is 1. The maximum absolute atomic E-state index is 14.0. The smallest absolute Gasteiger partial charge is 0.303 e. The van der Waals surface area contributed by atoms with Crippen LogP contribution in [0.1, 0.15) is 49.4 Å². The number of ether oxygens (including phenoxy) is 1. The van der Waals surface area contributed by atoms with Gasteiger partial charge >= 0.3 is 5.97 Å². The average Bonchev–Trinajstić information content (AvgIpc) is 3.18. The number of carboxylic acids is 1. The van der Waals surface area contributed by atoms with Crippen LogP contribution in [0.25, 0.3) is 0 Å². The van der Waals surface area contributed by atoms with Crippen LogP contribution in [0.3, 0.4) is 0 Å². The lowest BCUT2D eigenvalue weighted by atomic mass is 9.88. The summed E-state index contributed by atoms with van der Waals surface area (Å²) in [5.41, 5.74) is 0.686. The molecule has 0 amide bonds. The van der Waals surface area contributed by atoms with E-state index in [0.717, 1.165) is 18.9 Å². The summed E-state index contributed by atoms with van der Waals surface area (Å²) in [6, 6.07) is 2.65. The van der Waals surface area contributed by atoms with E-state index in [2.05, 4.69) is 0 Å². The Labute approximate surface area is 116 Å². The predicted octanol–water partition coefficient (Wildman–Crippen LogP) is 3.83. The van der Waals surface area contributed by atoms with E-state index in [4.69, 9.17) is 9.84 Å². The van der Waals surface area contributed by atoms with Crippen LogP contribution < -0.4 is 4.74 Å². The van der Waals surface area contributed by atoms with Gasteiger partial charge in [0.25, 0.3) is 0 Å². The average molecular weight is 284 g/mol. The van der Waals surface area contributed by atoms with Crippen LogP contribution in [0.5, 0.6) is 5.75 Å². The molecule has 20 heavy (non-hydrogen) atoms. The molecule has 1 aromatic rings. The summed E-state index contributed by atoms with van der Waals surface area (Å²) < 4.78 is 32.5. The normalized spacial score (nSPS) is 17.6. The van der Waals surface area contributed by atoms with Gasteiger partial charge in [0.15, 0.2) is 11.6 Å². The summed E-state index contributed by atoms with van der Waals surface area (Å²) in [6.45, 7) is 1.33. The van der Waals surface area contributed by atoms with Crippen molar-refractivity contribution < 1.29 is 23.4 Å². The Hall–Kier alpha value is -1.65. The summed E-state index contributed by atoms with van der Waals surface area (Å²) in [5.74, 6) is -1.66. The van der Waals surface area contributed by atoms with Gasteiger partial charge < -0.3 is 9.84 Å². The first kappa shape index (κ1) is 14.8. The molecule has 1 aliphatic carbocycles. The SMILES string of the molecule is COc1c(F)cc(C(C)F)cc1C(CC(=O)O)C1CC1. The van der Waals surface area contributed by atoms with Crippen molar-refractivity contribution in [2.75, 3.05) is 7.11 Å². The molecule has 1 fully saturated rings. The number of carboxylic acid groups (broad SMARTS) is 1. The second kappa shape index (κ2) is 5.77. The molecule has 2 unspecified atom stereocenters. The minimum atomic E-state index is -1.31. The first-order valence-electron chi connectivity index (χ1n) is 6.67. The van der Waals surface area contributed by atoms with E-state index >= 15 is 0 Å². The van der Waals surface area contributed by atoms with Crippen LogP contribution in [-0.4, -0.2) is 18.2 Å². The zero-order valence-corrected chi connectivity index (χ0v) is 11.5. The highest BCUT2D eigenvalue weighted by atomic mass is 19.1. The molecule has 1 aromatic carbocycles. The number of halogens is 2. The van der Waals surface area contributed by atoms with Gasteiger partial charge in [-0.15, -0.1) is 0 Å². The van der Waals surface area contributed by atoms with Gasteiger partial charge in [0, 0.05) is 11.5 Å². The molecule has 0 aliphatic heterocycles. The number of rotatable bonds is 6. The van der Waals surface area contributed by atoms with Crippen molar-refractivity contribution in [3.05, 3.63) is 29.1 Å². The van der Waals surface area contributed by atoms with Gasteiger partial charge in [-0.05, 0) is 43.4 Å². The second-order valence-corrected chi connectivity index (χ2v) is 5.28. The summed E-state index contributed by atoms with van der Waals surface area (Å²) >= 11 is 0. The highest BCUT2D eigenvalue weighted by Gasteiger charge is 2.36. The number of alkyl halides is 1. The number of carbonyl (C=O) groups is 1. The molecule has 0 heterocycles. The highest BCUT2D eigenvalue weighted by Crippen LogP contribution is 2.48. The molecule has 110 valence electrons. The van der Waals surface area contributed by atoms with Crippen molar-refractivity contribution in [1.29, 1.82) is 0 Å². The van der Waals surface area contributed by atoms with Crippen molar-refractivity contribution in [3.63, 3.8) is 0 Å². The minimum Gasteiger partial charge on any atom is -0.493 e. The Morgan fingerprint density at radius 3 is 2.60 bits per heavy atom. The van der Waals surface area contributed by atoms with Crippen molar-refractivity contribution in [1.82, 2.24) is 0 Å². The first-order valence-corrected chi connectivity index (χ1v) is 6.67. The topological polar surface area (TPSA) is 46.5 Å². The van der Waals surface area contributed by atoms with Crippen molar-refractivity contribution in [2.24, 2.45) is 5.92 Å². The van der Waals surface area contributed by atoms with E-state index in [1.165, 1.54) is 14.0 Å². The largest absolute Gasteiger partial charge is 0.493 e. The van der Waals surface area contributed by atoms with E-state index in [1.54, 1.807) is 6.07 Å². The molecule has 0 bridgehead atoms. The number of aliphatic carboxylic acids is 1. The molecular formula is C15H18F2O3. The summed E-state index contributed by atoms with van der Waals surface area (Å²) in [6.07, 6.45) is 0.430. The van der Waals surface area contributed by atoms with Gasteiger partial charge in [0.05, 0.1) is 13.5 Å². The first-order chi connectivity index (χ1) is 9.43. The fourth-order valence-electron chi connectivity index (χ4n) is 2.57. The van der Waals surface area contributed by atoms with E-state index in [1.807, 2.05) is 0 Å². The fourth-order valence-corrected chi connectivity index (χ4v) is 2.57. The fraction of sp³-hybridized carbons (Fsp3) is 0.533. The van der Waals surface area contributed by atoms with Crippen LogP contribution in [0, 0.1) is 11.7 Å². The molecule has 1 saturated carbocycles. The molecular weight excluding hydrogens is 266 g/mol. The summed E-state index contributed by atoms with van der Waals surface area (Å²) in [5, 5.41) is 9.02. The Morgan fingerprint density at radius 1 is 1.50 bits per heavy atom. The van der Waals surface area contributed by atoms with Gasteiger partial charge in [-0.3, -0.25) is 4.79 Å². The Kier molecular flexibility index (Phi) is 4.26. The van der Waals surface area contributed by atoms with E-state index < -0.39 is 18.0 Å². The maximum atomic E-state index is 14.0. The Bertz CT molecular complexity index is 510. The minimum absolute atomic E-state index is 0.0348. The summed E-state index contributed by atoms with van der Waals surface area (Å²) in [4.78, 5) is 11.0. The van der Waals surface area contributed by atoms with Crippen LogP contribution in [0.2, 0.25) is 0 Å². The van der Waals surface area contributed by atoms with Gasteiger partial charge in [-0.1, -0.05) is 0 Å². The van der Waals surface area contributed by atoms with E-state index in [9.17, 15) is 13.6 Å². The quantitative estimate of drug-likeness (QED) is 0.863. The lowest BCUT2D eigenvalue weighted by Crippen LogP contribution is -2.11. The molecule has 0 saturated heterocycles. The molecule has 1 aliphatic rings. The lowest BCUT2D eigenvalue weighted by molar-refractivity contribution is -0.137. The third-order valence-electron chi connectivity index (χ3n) is 3.74. The highest BCUT2D eigenvalue weighted by molar-refractivity contribution is 5.68. The molecule has 1 N–H and O–H groups in total. The number of hydrogen-bond acceptors (Lipinski definition) is 2. The standard InChI is InChI=1S/C15H18F2O3/c1-8(16)10-5-12(15(20-2)13(17)6-10)11(7-14(18)19)9-3-4-9/h5-6,8-9,11H,3-4,7H2,1-2H3,(H,18,19). The molecule has 2 rings (SSSR count). The molecule has 5 heteroatoms. The van der Waals surface area contributed by atoms with Gasteiger partial charge in [-0.25, -0.2) is 8.78 Å². The van der Waals surface area contributed by atoms with Crippen LogP contribution in [-0.2, 0) is 4.79 Å². The predicted molar refractivity (Wildman–Crippen MR) is 70.2 cm³/mol. The molecule has 3 nitrogen and oxygen atoms in total. The third kappa shape index (κ3) is 3.08. The van der Waals surface area contributed by atoms with Crippen LogP contribution in [0.15, 0.2) is 12.1 Å². The number of methoxy groups -OCH3 is 1. The van der Waals surface area contributed by atoms with Crippen LogP contribution >= 0.6 is 0 Å². The van der Waals surface area contributed by atoms with Gasteiger partial charge in [0.1, 0.15) is 6.17 Å². The zero-order valence-electron chi connectivity index (χ0n) is 11.5. The monoisotopic (exact) mass is 284 g/mol. The Morgan fingerprint density at radius 2 is 2.15 bits per heavy atom. The summed E-state index contributed by atoms with van der Waals surface area (Å²) in [7, 11) is 1.34. The lowest BCUT2D eigenvalue weighted by Gasteiger charge is -2.20. The van der Waals surface area contributed by atoms with Crippen molar-refractivity contribution >= 4 is 5.97 Å². The molecule has 0 radical (unpaired) electrons. The second-order valence-electron chi connectivity index (χ2n) is 5.28. The van der Waals surface area contributed by atoms with Crippen molar-refractivity contribution in [3.8, 4) is 5.75 Å². The molecule has 0 aromatic heterocycles. The molecule has 2 atom stereocenters. The van der Waals surface area contributed by atoms with Crippen molar-refractivity contribution in [2.45, 2.75) is 38.3 Å². The zero-order chi connectivity index (χ0) is 14.9. The Balaban J connectivity index is 2.47. The molecule has 0 spiro atoms. The van der Waals surface area contributed by atoms with E-state index in [0.29, 0.717) is 5.56 Å².